The van der Waals surface area contributed by atoms with Gasteiger partial charge in [0.05, 0.1) is 20.6 Å². The van der Waals surface area contributed by atoms with Gasteiger partial charge in [-0.15, -0.1) is 0 Å². The van der Waals surface area contributed by atoms with Crippen molar-refractivity contribution in [2.75, 3.05) is 46.9 Å². The molecule has 0 aromatic heterocycles. The first kappa shape index (κ1) is 16.6. The molecule has 6 nitrogen and oxygen atoms in total. The summed E-state index contributed by atoms with van der Waals surface area (Å²) in [6.07, 6.45) is 1.65. The highest BCUT2D eigenvalue weighted by atomic mass is 16.5. The maximum atomic E-state index is 10.5. The zero-order valence-corrected chi connectivity index (χ0v) is 11.1. The lowest BCUT2D eigenvalue weighted by atomic mass is 10.4. The van der Waals surface area contributed by atoms with Gasteiger partial charge in [-0.3, -0.25) is 4.79 Å². The van der Waals surface area contributed by atoms with E-state index in [2.05, 4.69) is 26.3 Å². The second-order valence-corrected chi connectivity index (χ2v) is 3.65. The van der Waals surface area contributed by atoms with E-state index in [1.165, 1.54) is 27.3 Å². The first-order chi connectivity index (χ1) is 8.63. The molecule has 104 valence electrons. The van der Waals surface area contributed by atoms with Crippen LogP contribution < -0.4 is 5.32 Å². The second-order valence-electron chi connectivity index (χ2n) is 3.65. The Morgan fingerprint density at radius 3 is 2.06 bits per heavy atom. The zero-order valence-electron chi connectivity index (χ0n) is 11.1. The molecule has 0 spiro atoms. The van der Waals surface area contributed by atoms with Gasteiger partial charge in [0.25, 0.3) is 0 Å². The van der Waals surface area contributed by atoms with E-state index in [1.807, 2.05) is 0 Å². The average molecular weight is 258 g/mol. The van der Waals surface area contributed by atoms with Crippen LogP contribution in [-0.4, -0.2) is 63.8 Å². The Morgan fingerprint density at radius 1 is 1.28 bits per heavy atom. The smallest absolute Gasteiger partial charge is 0.329 e. The molecule has 0 radical (unpaired) electrons. The van der Waals surface area contributed by atoms with Gasteiger partial charge in [-0.05, 0) is 0 Å². The van der Waals surface area contributed by atoms with Gasteiger partial charge < -0.3 is 19.7 Å². The summed E-state index contributed by atoms with van der Waals surface area (Å²) in [5.74, 6) is -0.503. The minimum atomic E-state index is -0.394. The molecule has 2 aliphatic rings. The first-order valence-corrected chi connectivity index (χ1v) is 5.84. The van der Waals surface area contributed by atoms with Gasteiger partial charge >= 0.3 is 11.9 Å². The predicted octanol–water partition coefficient (Wildman–Crippen LogP) is -0.200. The van der Waals surface area contributed by atoms with Crippen LogP contribution in [0.1, 0.15) is 6.42 Å². The van der Waals surface area contributed by atoms with Crippen LogP contribution in [0.3, 0.4) is 0 Å². The number of nitrogens with one attached hydrogen (secondary N) is 1. The van der Waals surface area contributed by atoms with Crippen LogP contribution in [0, 0.1) is 0 Å². The highest BCUT2D eigenvalue weighted by Crippen LogP contribution is 2.03. The molecule has 6 heteroatoms. The van der Waals surface area contributed by atoms with Crippen molar-refractivity contribution >= 4 is 11.9 Å². The lowest BCUT2D eigenvalue weighted by Crippen LogP contribution is -2.08. The summed E-state index contributed by atoms with van der Waals surface area (Å²) in [4.78, 5) is 22.5. The molecular weight excluding hydrogens is 236 g/mol. The van der Waals surface area contributed by atoms with Crippen molar-refractivity contribution in [3.63, 3.8) is 0 Å². The summed E-state index contributed by atoms with van der Waals surface area (Å²) >= 11 is 0. The number of esters is 2. The van der Waals surface area contributed by atoms with E-state index in [-0.39, 0.29) is 5.97 Å². The SMILES string of the molecule is C1CN1.C=CC(=O)OC.COC(=O)CCN1CC1. The van der Waals surface area contributed by atoms with Crippen LogP contribution in [0.2, 0.25) is 0 Å². The molecule has 0 bridgehead atoms. The summed E-state index contributed by atoms with van der Waals surface area (Å²) in [6.45, 7) is 8.82. The van der Waals surface area contributed by atoms with Crippen molar-refractivity contribution in [3.8, 4) is 0 Å². The summed E-state index contributed by atoms with van der Waals surface area (Å²) in [6, 6.07) is 0. The van der Waals surface area contributed by atoms with Crippen molar-refractivity contribution in [1.29, 1.82) is 0 Å². The number of rotatable bonds is 4. The molecule has 2 saturated heterocycles. The molecule has 2 heterocycles. The third-order valence-corrected chi connectivity index (χ3v) is 2.02. The number of hydrogen-bond acceptors (Lipinski definition) is 6. The second kappa shape index (κ2) is 10.7. The van der Waals surface area contributed by atoms with E-state index in [4.69, 9.17) is 0 Å². The van der Waals surface area contributed by atoms with E-state index in [0.717, 1.165) is 25.7 Å². The summed E-state index contributed by atoms with van der Waals surface area (Å²) in [7, 11) is 2.73. The van der Waals surface area contributed by atoms with Gasteiger partial charge in [0.1, 0.15) is 0 Å². The van der Waals surface area contributed by atoms with Crippen LogP contribution >= 0.6 is 0 Å². The fourth-order valence-corrected chi connectivity index (χ4v) is 0.729. The predicted molar refractivity (Wildman–Crippen MR) is 68.2 cm³/mol. The molecule has 0 unspecified atom stereocenters. The standard InChI is InChI=1S/C6H11NO2.C4H6O2.C2H5N/c1-9-6(8)2-3-7-4-5-7;1-3-4(5)6-2;1-2-3-1/h2-5H2,1H3;3H,1H2,2H3;3H,1-2H2. The number of carbonyl (C=O) groups is 2. The molecule has 18 heavy (non-hydrogen) atoms. The molecular formula is C12H22N2O4. The minimum absolute atomic E-state index is 0.109. The molecule has 0 aromatic rings. The first-order valence-electron chi connectivity index (χ1n) is 5.84. The van der Waals surface area contributed by atoms with Gasteiger partial charge in [-0.2, -0.15) is 0 Å². The van der Waals surface area contributed by atoms with Gasteiger partial charge in [0, 0.05) is 38.8 Å². The van der Waals surface area contributed by atoms with Crippen molar-refractivity contribution < 1.29 is 19.1 Å². The van der Waals surface area contributed by atoms with Crippen LogP contribution in [0.4, 0.5) is 0 Å². The number of hydrogen-bond donors (Lipinski definition) is 1. The van der Waals surface area contributed by atoms with Crippen LogP contribution in [0.15, 0.2) is 12.7 Å². The van der Waals surface area contributed by atoms with E-state index >= 15 is 0 Å². The molecule has 0 aliphatic carbocycles. The highest BCUT2D eigenvalue weighted by Gasteiger charge is 2.17. The van der Waals surface area contributed by atoms with Crippen LogP contribution in [0.5, 0.6) is 0 Å². The average Bonchev–Trinajstić information content (AvgIpc) is 3.25. The topological polar surface area (TPSA) is 77.6 Å². The van der Waals surface area contributed by atoms with Gasteiger partial charge in [0.2, 0.25) is 0 Å². The molecule has 2 aliphatic heterocycles. The Morgan fingerprint density at radius 2 is 1.83 bits per heavy atom. The minimum Gasteiger partial charge on any atom is -0.469 e. The number of nitrogens with zero attached hydrogens (tertiary/aromatic N) is 1. The molecule has 1 N–H and O–H groups in total. The summed E-state index contributed by atoms with van der Waals surface area (Å²) in [5.41, 5.74) is 0. The lowest BCUT2D eigenvalue weighted by molar-refractivity contribution is -0.140. The number of carbonyl (C=O) groups excluding carboxylic acids is 2. The quantitative estimate of drug-likeness (QED) is 0.427. The van der Waals surface area contributed by atoms with Crippen molar-refractivity contribution in [3.05, 3.63) is 12.7 Å². The Labute approximate surface area is 108 Å². The molecule has 2 rings (SSSR count). The third kappa shape index (κ3) is 14.6. The number of ether oxygens (including phenoxy) is 2. The van der Waals surface area contributed by atoms with Gasteiger partial charge in [0.15, 0.2) is 0 Å². The number of methoxy groups -OCH3 is 2. The maximum absolute atomic E-state index is 10.5. The Balaban J connectivity index is 0.000000275. The Bertz CT molecular complexity index is 260. The molecule has 0 amide bonds. The Kier molecular flexibility index (Phi) is 9.90. The van der Waals surface area contributed by atoms with E-state index in [1.54, 1.807) is 0 Å². The normalized spacial score (nSPS) is 15.0. The van der Waals surface area contributed by atoms with Crippen molar-refractivity contribution in [2.45, 2.75) is 6.42 Å². The summed E-state index contributed by atoms with van der Waals surface area (Å²) < 4.78 is 8.61. The lowest BCUT2D eigenvalue weighted by Gasteiger charge is -1.97. The molecule has 0 saturated carbocycles. The fraction of sp³-hybridized carbons (Fsp3) is 0.667. The summed E-state index contributed by atoms with van der Waals surface area (Å²) in [5, 5.41) is 3.00. The third-order valence-electron chi connectivity index (χ3n) is 2.02. The van der Waals surface area contributed by atoms with Gasteiger partial charge in [-0.25, -0.2) is 4.79 Å². The molecule has 0 aromatic carbocycles. The zero-order chi connectivity index (χ0) is 13.8. The van der Waals surface area contributed by atoms with E-state index < -0.39 is 5.97 Å². The Hall–Kier alpha value is -1.40. The van der Waals surface area contributed by atoms with Crippen LogP contribution in [0.25, 0.3) is 0 Å². The monoisotopic (exact) mass is 258 g/mol. The largest absolute Gasteiger partial charge is 0.469 e. The van der Waals surface area contributed by atoms with Crippen molar-refractivity contribution in [2.24, 2.45) is 0 Å². The fourth-order valence-electron chi connectivity index (χ4n) is 0.729. The van der Waals surface area contributed by atoms with Crippen LogP contribution in [-0.2, 0) is 19.1 Å². The van der Waals surface area contributed by atoms with E-state index in [0.29, 0.717) is 6.42 Å². The highest BCUT2D eigenvalue weighted by molar-refractivity contribution is 5.80. The maximum Gasteiger partial charge on any atom is 0.329 e. The van der Waals surface area contributed by atoms with Gasteiger partial charge in [-0.1, -0.05) is 6.58 Å². The molecule has 0 atom stereocenters. The molecule has 2 fully saturated rings. The van der Waals surface area contributed by atoms with Crippen molar-refractivity contribution in [1.82, 2.24) is 10.2 Å². The van der Waals surface area contributed by atoms with E-state index in [9.17, 15) is 9.59 Å².